The second-order valence-electron chi connectivity index (χ2n) is 10.7. The minimum Gasteiger partial charge on any atom is -0.507 e. The molecule has 0 heterocycles. The fourth-order valence-corrected chi connectivity index (χ4v) is 4.59. The first-order valence-electron chi connectivity index (χ1n) is 15.7. The highest BCUT2D eigenvalue weighted by atomic mass is 16.5. The molecule has 10 nitrogen and oxygen atoms in total. The second kappa shape index (κ2) is 16.8. The van der Waals surface area contributed by atoms with Crippen LogP contribution in [0.25, 0.3) is 0 Å². The molecule has 0 saturated heterocycles. The van der Waals surface area contributed by atoms with Crippen molar-refractivity contribution in [1.82, 2.24) is 0 Å². The Morgan fingerprint density at radius 2 is 0.800 bits per heavy atom. The third-order valence-corrected chi connectivity index (χ3v) is 7.11. The highest BCUT2D eigenvalue weighted by molar-refractivity contribution is 5.88. The van der Waals surface area contributed by atoms with Gasteiger partial charge in [-0.3, -0.25) is 9.98 Å². The largest absolute Gasteiger partial charge is 0.507 e. The van der Waals surface area contributed by atoms with Crippen LogP contribution in [-0.4, -0.2) is 35.9 Å². The molecule has 6 aromatic rings. The lowest BCUT2D eigenvalue weighted by Crippen LogP contribution is -2.09. The molecule has 0 fully saturated rings. The number of aliphatic imine (C=N–C) groups is 2. The van der Waals surface area contributed by atoms with Crippen molar-refractivity contribution in [2.24, 2.45) is 30.4 Å². The third kappa shape index (κ3) is 9.33. The standard InChI is InChI=1S/C40H32N6O4/c47-37-21-19-33(45-43-31-11-3-1-4-12-31)25-29(37)27-41-35-15-7-9-17-39(35)49-23-24-50-40-18-10-8-16-36(40)42-28-30-26-34(20-22-38(30)48)46-44-32-13-5-2-6-14-32/h1-22,25-28,47-48H,23-24H2. The van der Waals surface area contributed by atoms with Crippen LogP contribution in [0.3, 0.4) is 0 Å². The number of azo groups is 2. The molecule has 0 amide bonds. The molecular weight excluding hydrogens is 628 g/mol. The van der Waals surface area contributed by atoms with Crippen LogP contribution in [-0.2, 0) is 0 Å². The van der Waals surface area contributed by atoms with E-state index in [1.54, 1.807) is 48.8 Å². The van der Waals surface area contributed by atoms with Crippen LogP contribution in [0, 0.1) is 0 Å². The van der Waals surface area contributed by atoms with Crippen molar-refractivity contribution >= 4 is 46.6 Å². The van der Waals surface area contributed by atoms with Gasteiger partial charge in [-0.1, -0.05) is 60.7 Å². The van der Waals surface area contributed by atoms with E-state index in [9.17, 15) is 10.2 Å². The summed E-state index contributed by atoms with van der Waals surface area (Å²) in [7, 11) is 0. The summed E-state index contributed by atoms with van der Waals surface area (Å²) in [6.45, 7) is 0.473. The number of phenols is 2. The molecule has 2 N–H and O–H groups in total. The van der Waals surface area contributed by atoms with Gasteiger partial charge in [-0.25, -0.2) is 0 Å². The Bertz CT molecular complexity index is 2000. The third-order valence-electron chi connectivity index (χ3n) is 7.11. The summed E-state index contributed by atoms with van der Waals surface area (Å²) >= 11 is 0. The van der Waals surface area contributed by atoms with E-state index in [4.69, 9.17) is 9.47 Å². The lowest BCUT2D eigenvalue weighted by molar-refractivity contribution is 0.218. The number of aromatic hydroxyl groups is 2. The molecular formula is C40H32N6O4. The van der Waals surface area contributed by atoms with Crippen LogP contribution < -0.4 is 9.47 Å². The normalized spacial score (nSPS) is 11.6. The number of hydrogen-bond acceptors (Lipinski definition) is 10. The summed E-state index contributed by atoms with van der Waals surface area (Å²) in [6, 6.07) is 43.4. The first kappa shape index (κ1) is 33.0. The lowest BCUT2D eigenvalue weighted by Gasteiger charge is -2.11. The number of hydrogen-bond donors (Lipinski definition) is 2. The quantitative estimate of drug-likeness (QED) is 0.0724. The fraction of sp³-hybridized carbons (Fsp3) is 0.0500. The number of phenolic OH excluding ortho intramolecular Hbond substituents is 2. The molecule has 0 saturated carbocycles. The Morgan fingerprint density at radius 1 is 0.420 bits per heavy atom. The van der Waals surface area contributed by atoms with Gasteiger partial charge in [-0.15, -0.1) is 0 Å². The van der Waals surface area contributed by atoms with E-state index in [-0.39, 0.29) is 24.7 Å². The van der Waals surface area contributed by atoms with Crippen LogP contribution in [0.5, 0.6) is 23.0 Å². The van der Waals surface area contributed by atoms with Crippen LogP contribution in [0.2, 0.25) is 0 Å². The molecule has 0 atom stereocenters. The maximum absolute atomic E-state index is 10.4. The molecule has 0 spiro atoms. The molecule has 0 aromatic heterocycles. The average Bonchev–Trinajstić information content (AvgIpc) is 3.16. The van der Waals surface area contributed by atoms with Gasteiger partial charge in [0.1, 0.15) is 47.6 Å². The Balaban J connectivity index is 1.07. The topological polar surface area (TPSA) is 133 Å². The highest BCUT2D eigenvalue weighted by Crippen LogP contribution is 2.31. The lowest BCUT2D eigenvalue weighted by atomic mass is 10.2. The zero-order chi connectivity index (χ0) is 34.4. The predicted molar refractivity (Wildman–Crippen MR) is 196 cm³/mol. The molecule has 6 aromatic carbocycles. The summed E-state index contributed by atoms with van der Waals surface area (Å²) in [5.41, 5.74) is 4.75. The van der Waals surface area contributed by atoms with Crippen LogP contribution >= 0.6 is 0 Å². The number of rotatable bonds is 13. The number of benzene rings is 6. The molecule has 0 aliphatic carbocycles. The fourth-order valence-electron chi connectivity index (χ4n) is 4.59. The molecule has 0 radical (unpaired) electrons. The summed E-state index contributed by atoms with van der Waals surface area (Å²) in [5, 5.41) is 37.9. The zero-order valence-corrected chi connectivity index (χ0v) is 26.8. The Morgan fingerprint density at radius 3 is 1.24 bits per heavy atom. The van der Waals surface area contributed by atoms with Gasteiger partial charge in [-0.2, -0.15) is 20.5 Å². The number of ether oxygens (including phenoxy) is 2. The van der Waals surface area contributed by atoms with Gasteiger partial charge in [0.2, 0.25) is 0 Å². The van der Waals surface area contributed by atoms with Gasteiger partial charge in [0, 0.05) is 23.6 Å². The highest BCUT2D eigenvalue weighted by Gasteiger charge is 2.07. The average molecular weight is 661 g/mol. The van der Waals surface area contributed by atoms with Crippen molar-refractivity contribution in [1.29, 1.82) is 0 Å². The minimum atomic E-state index is 0.0667. The number of nitrogens with zero attached hydrogens (tertiary/aromatic N) is 6. The smallest absolute Gasteiger partial charge is 0.145 e. The van der Waals surface area contributed by atoms with Crippen LogP contribution in [0.1, 0.15) is 11.1 Å². The SMILES string of the molecule is Oc1ccc(N=Nc2ccccc2)cc1C=Nc1ccccc1OCCOc1ccccc1N=Cc1cc(N=Nc2ccccc2)ccc1O. The van der Waals surface area contributed by atoms with Gasteiger partial charge in [0.25, 0.3) is 0 Å². The Kier molecular flexibility index (Phi) is 11.0. The van der Waals surface area contributed by atoms with Gasteiger partial charge in [0.15, 0.2) is 0 Å². The molecule has 0 bridgehead atoms. The van der Waals surface area contributed by atoms with Gasteiger partial charge in [-0.05, 0) is 84.9 Å². The molecule has 0 unspecified atom stereocenters. The van der Waals surface area contributed by atoms with Crippen molar-refractivity contribution < 1.29 is 19.7 Å². The minimum absolute atomic E-state index is 0.0667. The van der Waals surface area contributed by atoms with E-state index in [1.165, 1.54) is 0 Å². The summed E-state index contributed by atoms with van der Waals surface area (Å²) in [5.74, 6) is 1.24. The molecule has 6 rings (SSSR count). The van der Waals surface area contributed by atoms with Crippen molar-refractivity contribution in [3.8, 4) is 23.0 Å². The van der Waals surface area contributed by atoms with E-state index in [2.05, 4.69) is 30.4 Å². The predicted octanol–water partition coefficient (Wildman–Crippen LogP) is 10.9. The number of para-hydroxylation sites is 4. The van der Waals surface area contributed by atoms with Crippen LogP contribution in [0.4, 0.5) is 34.1 Å². The Hall–Kier alpha value is -6.94. The van der Waals surface area contributed by atoms with E-state index >= 15 is 0 Å². The van der Waals surface area contributed by atoms with E-state index in [1.807, 2.05) is 109 Å². The summed E-state index contributed by atoms with van der Waals surface area (Å²) in [4.78, 5) is 9.13. The molecule has 50 heavy (non-hydrogen) atoms. The first-order chi connectivity index (χ1) is 24.6. The Labute approximate surface area is 289 Å². The maximum atomic E-state index is 10.4. The van der Waals surface area contributed by atoms with E-state index in [0.29, 0.717) is 45.4 Å². The van der Waals surface area contributed by atoms with Gasteiger partial charge < -0.3 is 19.7 Å². The van der Waals surface area contributed by atoms with E-state index in [0.717, 1.165) is 11.4 Å². The molecule has 0 aliphatic rings. The van der Waals surface area contributed by atoms with Crippen molar-refractivity contribution in [2.75, 3.05) is 13.2 Å². The molecule has 246 valence electrons. The molecule has 10 heteroatoms. The van der Waals surface area contributed by atoms with Crippen molar-refractivity contribution in [3.63, 3.8) is 0 Å². The maximum Gasteiger partial charge on any atom is 0.145 e. The zero-order valence-electron chi connectivity index (χ0n) is 26.8. The van der Waals surface area contributed by atoms with Crippen molar-refractivity contribution in [2.45, 2.75) is 0 Å². The first-order valence-corrected chi connectivity index (χ1v) is 15.7. The van der Waals surface area contributed by atoms with Crippen LogP contribution in [0.15, 0.2) is 176 Å². The molecule has 0 aliphatic heterocycles. The monoisotopic (exact) mass is 660 g/mol. The van der Waals surface area contributed by atoms with E-state index < -0.39 is 0 Å². The second-order valence-corrected chi connectivity index (χ2v) is 10.7. The van der Waals surface area contributed by atoms with Gasteiger partial charge >= 0.3 is 0 Å². The summed E-state index contributed by atoms with van der Waals surface area (Å²) in [6.07, 6.45) is 3.12. The summed E-state index contributed by atoms with van der Waals surface area (Å²) < 4.78 is 12.0. The van der Waals surface area contributed by atoms with Gasteiger partial charge in [0.05, 0.1) is 22.7 Å². The van der Waals surface area contributed by atoms with Crippen molar-refractivity contribution in [3.05, 3.63) is 157 Å².